The van der Waals surface area contributed by atoms with Crippen molar-refractivity contribution in [2.45, 2.75) is 0 Å². The first-order valence-corrected chi connectivity index (χ1v) is 19.0. The number of rotatable bonds is 3. The molecule has 0 radical (unpaired) electrons. The highest BCUT2D eigenvalue weighted by Crippen LogP contribution is 2.52. The lowest BCUT2D eigenvalue weighted by atomic mass is 9.85. The maximum absolute atomic E-state index is 6.88. The molecule has 0 aromatic heterocycles. The summed E-state index contributed by atoms with van der Waals surface area (Å²) in [6.07, 6.45) is 0. The average molecular weight is 697 g/mol. The van der Waals surface area contributed by atoms with Gasteiger partial charge in [0.2, 0.25) is 0 Å². The number of hydrogen-bond acceptors (Lipinski definition) is 1. The van der Waals surface area contributed by atoms with E-state index in [2.05, 4.69) is 194 Å². The summed E-state index contributed by atoms with van der Waals surface area (Å²) in [6, 6.07) is 71.0. The van der Waals surface area contributed by atoms with Crippen LogP contribution in [0, 0.1) is 0 Å². The lowest BCUT2D eigenvalue weighted by molar-refractivity contribution is 0.487. The lowest BCUT2D eigenvalue weighted by Crippen LogP contribution is -1.99. The Kier molecular flexibility index (Phi) is 6.40. The van der Waals surface area contributed by atoms with Gasteiger partial charge in [0.1, 0.15) is 11.5 Å². The third-order valence-corrected chi connectivity index (χ3v) is 11.8. The number of benzene rings is 11. The fourth-order valence-corrected chi connectivity index (χ4v) is 9.21. The summed E-state index contributed by atoms with van der Waals surface area (Å²) >= 11 is 0. The molecule has 0 unspecified atom stereocenters. The largest absolute Gasteiger partial charge is 0.456 e. The second kappa shape index (κ2) is 11.6. The molecule has 0 fully saturated rings. The molecule has 0 atom stereocenters. The monoisotopic (exact) mass is 696 g/mol. The molecule has 0 saturated heterocycles. The van der Waals surface area contributed by atoms with Crippen LogP contribution < -0.4 is 4.74 Å². The van der Waals surface area contributed by atoms with Gasteiger partial charge in [0.25, 0.3) is 0 Å². The molecule has 11 aromatic carbocycles. The Bertz CT molecular complexity index is 3340. The first kappa shape index (κ1) is 30.3. The quantitative estimate of drug-likeness (QED) is 0.132. The zero-order valence-corrected chi connectivity index (χ0v) is 29.9. The average Bonchev–Trinajstić information content (AvgIpc) is 3.25. The summed E-state index contributed by atoms with van der Waals surface area (Å²) in [6.45, 7) is 0. The molecule has 1 aliphatic rings. The molecule has 11 aromatic rings. The van der Waals surface area contributed by atoms with Crippen molar-refractivity contribution < 1.29 is 4.74 Å². The summed E-state index contributed by atoms with van der Waals surface area (Å²) in [5.74, 6) is 1.79. The van der Waals surface area contributed by atoms with Crippen LogP contribution in [0.5, 0.6) is 11.5 Å². The van der Waals surface area contributed by atoms with Crippen LogP contribution in [0.4, 0.5) is 0 Å². The molecule has 0 spiro atoms. The highest BCUT2D eigenvalue weighted by Gasteiger charge is 2.24. The molecule has 0 saturated carbocycles. The van der Waals surface area contributed by atoms with E-state index < -0.39 is 0 Å². The van der Waals surface area contributed by atoms with E-state index in [-0.39, 0.29) is 0 Å². The molecule has 1 heteroatoms. The Morgan fingerprint density at radius 3 is 1.64 bits per heavy atom. The van der Waals surface area contributed by atoms with Gasteiger partial charge in [0.05, 0.1) is 0 Å². The minimum absolute atomic E-state index is 0.890. The second-order valence-electron chi connectivity index (χ2n) is 14.8. The van der Waals surface area contributed by atoms with Crippen molar-refractivity contribution in [2.75, 3.05) is 0 Å². The van der Waals surface area contributed by atoms with Crippen molar-refractivity contribution >= 4 is 64.6 Å². The van der Waals surface area contributed by atoms with Gasteiger partial charge in [-0.25, -0.2) is 0 Å². The summed E-state index contributed by atoms with van der Waals surface area (Å²) in [7, 11) is 0. The number of fused-ring (bicyclic) bond motifs is 9. The molecule has 0 bridgehead atoms. The minimum Gasteiger partial charge on any atom is -0.456 e. The van der Waals surface area contributed by atoms with Crippen LogP contribution in [0.1, 0.15) is 0 Å². The third-order valence-electron chi connectivity index (χ3n) is 11.8. The highest BCUT2D eigenvalue weighted by atomic mass is 16.5. The summed E-state index contributed by atoms with van der Waals surface area (Å²) in [4.78, 5) is 0. The van der Waals surface area contributed by atoms with Gasteiger partial charge >= 0.3 is 0 Å². The molecule has 0 amide bonds. The highest BCUT2D eigenvalue weighted by molar-refractivity contribution is 6.25. The Balaban J connectivity index is 1.05. The fourth-order valence-electron chi connectivity index (χ4n) is 9.21. The Hall–Kier alpha value is -7.22. The second-order valence-corrected chi connectivity index (χ2v) is 14.8. The van der Waals surface area contributed by atoms with Crippen LogP contribution in [-0.4, -0.2) is 0 Å². The van der Waals surface area contributed by atoms with E-state index in [9.17, 15) is 0 Å². The standard InChI is InChI=1S/C54H32O/c1-2-11-33(12-3-1)34-21-22-36-28-39(24-23-35(36)27-34)47-31-49-46-19-10-20-51-54(46)50(32-48(49)44-18-9-8-17-43(44)47)45-26-25-40(30-52(45)55-51)53-41-15-6-4-13-37(41)29-38-14-5-7-16-42(38)53/h1-32H. The molecule has 55 heavy (non-hydrogen) atoms. The van der Waals surface area contributed by atoms with Gasteiger partial charge in [-0.1, -0.05) is 146 Å². The number of ether oxygens (including phenoxy) is 1. The number of hydrogen-bond donors (Lipinski definition) is 0. The maximum Gasteiger partial charge on any atom is 0.135 e. The van der Waals surface area contributed by atoms with Crippen molar-refractivity contribution in [3.8, 4) is 56.0 Å². The van der Waals surface area contributed by atoms with Crippen molar-refractivity contribution in [2.24, 2.45) is 0 Å². The van der Waals surface area contributed by atoms with Gasteiger partial charge < -0.3 is 4.74 Å². The van der Waals surface area contributed by atoms with E-state index in [1.165, 1.54) is 98.0 Å². The predicted molar refractivity (Wildman–Crippen MR) is 233 cm³/mol. The van der Waals surface area contributed by atoms with E-state index >= 15 is 0 Å². The topological polar surface area (TPSA) is 9.23 Å². The van der Waals surface area contributed by atoms with E-state index in [0.29, 0.717) is 0 Å². The van der Waals surface area contributed by atoms with Crippen LogP contribution in [0.2, 0.25) is 0 Å². The van der Waals surface area contributed by atoms with Crippen LogP contribution in [-0.2, 0) is 0 Å². The summed E-state index contributed by atoms with van der Waals surface area (Å²) < 4.78 is 6.88. The Labute approximate surface area is 318 Å². The van der Waals surface area contributed by atoms with Crippen LogP contribution in [0.25, 0.3) is 109 Å². The summed E-state index contributed by atoms with van der Waals surface area (Å²) in [5.41, 5.74) is 9.66. The maximum atomic E-state index is 6.88. The van der Waals surface area contributed by atoms with Gasteiger partial charge in [-0.15, -0.1) is 0 Å². The Morgan fingerprint density at radius 1 is 0.255 bits per heavy atom. The van der Waals surface area contributed by atoms with Crippen LogP contribution >= 0.6 is 0 Å². The summed E-state index contributed by atoms with van der Waals surface area (Å²) in [5, 5.41) is 14.8. The molecular formula is C54H32O. The van der Waals surface area contributed by atoms with Crippen LogP contribution in [0.3, 0.4) is 0 Å². The van der Waals surface area contributed by atoms with E-state index in [1.807, 2.05) is 0 Å². The van der Waals surface area contributed by atoms with Gasteiger partial charge in [-0.05, 0) is 147 Å². The first-order chi connectivity index (χ1) is 27.2. The van der Waals surface area contributed by atoms with Gasteiger partial charge in [0, 0.05) is 10.9 Å². The fraction of sp³-hybridized carbons (Fsp3) is 0. The van der Waals surface area contributed by atoms with Crippen molar-refractivity contribution in [1.82, 2.24) is 0 Å². The lowest BCUT2D eigenvalue weighted by Gasteiger charge is -2.24. The smallest absolute Gasteiger partial charge is 0.135 e. The SMILES string of the molecule is c1ccc(-c2ccc3cc(-c4cc5c6cccc7c6c(cc5c5ccccc45)-c4ccc(-c5c6ccccc6cc6ccccc56)cc4O7)ccc3c2)cc1. The van der Waals surface area contributed by atoms with Gasteiger partial charge in [0.15, 0.2) is 0 Å². The molecule has 12 rings (SSSR count). The minimum atomic E-state index is 0.890. The molecule has 0 N–H and O–H groups in total. The molecule has 1 nitrogen and oxygen atoms in total. The third kappa shape index (κ3) is 4.60. The van der Waals surface area contributed by atoms with E-state index in [4.69, 9.17) is 4.74 Å². The Morgan fingerprint density at radius 2 is 0.855 bits per heavy atom. The zero-order valence-electron chi connectivity index (χ0n) is 29.9. The zero-order chi connectivity index (χ0) is 36.0. The van der Waals surface area contributed by atoms with Crippen LogP contribution in [0.15, 0.2) is 194 Å². The molecule has 0 aliphatic carbocycles. The van der Waals surface area contributed by atoms with E-state index in [1.54, 1.807) is 0 Å². The van der Waals surface area contributed by atoms with Crippen molar-refractivity contribution in [3.63, 3.8) is 0 Å². The molecule has 1 heterocycles. The molecular weight excluding hydrogens is 665 g/mol. The predicted octanol–water partition coefficient (Wildman–Crippen LogP) is 15.4. The first-order valence-electron chi connectivity index (χ1n) is 19.0. The van der Waals surface area contributed by atoms with Gasteiger partial charge in [-0.3, -0.25) is 0 Å². The normalized spacial score (nSPS) is 12.1. The van der Waals surface area contributed by atoms with Crippen molar-refractivity contribution in [3.05, 3.63) is 194 Å². The molecule has 254 valence electrons. The van der Waals surface area contributed by atoms with Gasteiger partial charge in [-0.2, -0.15) is 0 Å². The van der Waals surface area contributed by atoms with Crippen molar-refractivity contribution in [1.29, 1.82) is 0 Å². The van der Waals surface area contributed by atoms with E-state index in [0.717, 1.165) is 22.6 Å². The molecule has 1 aliphatic heterocycles.